The summed E-state index contributed by atoms with van der Waals surface area (Å²) in [5.74, 6) is 0.0783. The van der Waals surface area contributed by atoms with E-state index in [4.69, 9.17) is 14.6 Å². The molecule has 0 aliphatic carbocycles. The molecule has 0 aliphatic heterocycles. The van der Waals surface area contributed by atoms with E-state index in [1.807, 2.05) is 25.3 Å². The first kappa shape index (κ1) is 23.7. The zero-order chi connectivity index (χ0) is 23.5. The van der Waals surface area contributed by atoms with Gasteiger partial charge in [0.05, 0.1) is 5.56 Å². The Bertz CT molecular complexity index is 1070. The number of rotatable bonds is 8. The fourth-order valence-corrected chi connectivity index (χ4v) is 4.10. The number of aryl methyl sites for hydroxylation is 1. The standard InChI is InChI=1S/C24H23F3O4S/c1-4-20(23(28)29)31-21-10-9-19(11-14(21)2)30-15(3)17-12-22(32-13-17)16-5-7-18(8-6-16)24(25,26)27/h5-13,15,20H,4H2,1-3H3,(H,28,29). The van der Waals surface area contributed by atoms with E-state index >= 15 is 0 Å². The number of carbonyl (C=O) groups is 1. The lowest BCUT2D eigenvalue weighted by molar-refractivity contribution is -0.145. The molecule has 1 N–H and O–H groups in total. The Hall–Kier alpha value is -3.00. The second kappa shape index (κ2) is 9.65. The van der Waals surface area contributed by atoms with Gasteiger partial charge in [0.1, 0.15) is 17.6 Å². The molecule has 0 radical (unpaired) electrons. The number of carboxylic acid groups (broad SMARTS) is 1. The van der Waals surface area contributed by atoms with E-state index in [1.165, 1.54) is 23.5 Å². The first-order chi connectivity index (χ1) is 15.1. The van der Waals surface area contributed by atoms with Gasteiger partial charge in [0.2, 0.25) is 0 Å². The van der Waals surface area contributed by atoms with Gasteiger partial charge in [0.25, 0.3) is 0 Å². The van der Waals surface area contributed by atoms with E-state index in [-0.39, 0.29) is 6.10 Å². The molecular formula is C24H23F3O4S. The van der Waals surface area contributed by atoms with Crippen molar-refractivity contribution in [1.82, 2.24) is 0 Å². The van der Waals surface area contributed by atoms with Crippen molar-refractivity contribution in [3.8, 4) is 21.9 Å². The van der Waals surface area contributed by atoms with Gasteiger partial charge in [0, 0.05) is 10.4 Å². The lowest BCUT2D eigenvalue weighted by Crippen LogP contribution is -2.26. The molecule has 0 saturated carbocycles. The van der Waals surface area contributed by atoms with E-state index in [0.717, 1.165) is 28.1 Å². The maximum Gasteiger partial charge on any atom is 0.416 e. The van der Waals surface area contributed by atoms with Crippen LogP contribution in [0.15, 0.2) is 53.9 Å². The minimum Gasteiger partial charge on any atom is -0.486 e. The Labute approximate surface area is 188 Å². The summed E-state index contributed by atoms with van der Waals surface area (Å²) in [4.78, 5) is 12.0. The van der Waals surface area contributed by atoms with Crippen molar-refractivity contribution in [3.05, 3.63) is 70.6 Å². The van der Waals surface area contributed by atoms with Crippen LogP contribution in [0.2, 0.25) is 0 Å². The molecule has 3 aromatic rings. The fraction of sp³-hybridized carbons (Fsp3) is 0.292. The SMILES string of the molecule is CCC(Oc1ccc(OC(C)c2csc(-c3ccc(C(F)(F)F)cc3)c2)cc1C)C(=O)O. The number of hydrogen-bond acceptors (Lipinski definition) is 4. The predicted molar refractivity (Wildman–Crippen MR) is 117 cm³/mol. The summed E-state index contributed by atoms with van der Waals surface area (Å²) in [7, 11) is 0. The molecule has 2 unspecified atom stereocenters. The largest absolute Gasteiger partial charge is 0.486 e. The molecule has 0 spiro atoms. The molecule has 2 aromatic carbocycles. The molecule has 2 atom stereocenters. The lowest BCUT2D eigenvalue weighted by Gasteiger charge is -2.18. The molecule has 0 aliphatic rings. The van der Waals surface area contributed by atoms with Crippen LogP contribution in [-0.2, 0) is 11.0 Å². The molecule has 170 valence electrons. The van der Waals surface area contributed by atoms with Crippen LogP contribution in [0.3, 0.4) is 0 Å². The molecule has 1 heterocycles. The average molecular weight is 465 g/mol. The molecular weight excluding hydrogens is 441 g/mol. The zero-order valence-corrected chi connectivity index (χ0v) is 18.6. The molecule has 3 rings (SSSR count). The summed E-state index contributed by atoms with van der Waals surface area (Å²) in [6.45, 7) is 5.44. The highest BCUT2D eigenvalue weighted by Gasteiger charge is 2.30. The van der Waals surface area contributed by atoms with Crippen LogP contribution in [-0.4, -0.2) is 17.2 Å². The highest BCUT2D eigenvalue weighted by atomic mass is 32.1. The third-order valence-electron chi connectivity index (χ3n) is 4.96. The number of halogens is 3. The van der Waals surface area contributed by atoms with Crippen LogP contribution in [0.25, 0.3) is 10.4 Å². The third kappa shape index (κ3) is 5.62. The van der Waals surface area contributed by atoms with E-state index in [0.29, 0.717) is 23.5 Å². The van der Waals surface area contributed by atoms with Gasteiger partial charge < -0.3 is 14.6 Å². The van der Waals surface area contributed by atoms with Crippen LogP contribution >= 0.6 is 11.3 Å². The van der Waals surface area contributed by atoms with Crippen LogP contribution in [0.4, 0.5) is 13.2 Å². The summed E-state index contributed by atoms with van der Waals surface area (Å²) in [6, 6.07) is 12.2. The zero-order valence-electron chi connectivity index (χ0n) is 17.8. The Morgan fingerprint density at radius 2 is 1.78 bits per heavy atom. The van der Waals surface area contributed by atoms with Crippen LogP contribution in [0.5, 0.6) is 11.5 Å². The summed E-state index contributed by atoms with van der Waals surface area (Å²) < 4.78 is 49.9. The van der Waals surface area contributed by atoms with Gasteiger partial charge in [0.15, 0.2) is 6.10 Å². The highest BCUT2D eigenvalue weighted by Crippen LogP contribution is 2.35. The number of ether oxygens (including phenoxy) is 2. The number of carboxylic acids is 1. The Balaban J connectivity index is 1.69. The topological polar surface area (TPSA) is 55.8 Å². The van der Waals surface area contributed by atoms with Crippen molar-refractivity contribution in [2.45, 2.75) is 45.6 Å². The fourth-order valence-electron chi connectivity index (χ4n) is 3.10. The predicted octanol–water partition coefficient (Wildman–Crippen LogP) is 7.12. The van der Waals surface area contributed by atoms with Gasteiger partial charge in [-0.2, -0.15) is 13.2 Å². The number of aliphatic carboxylic acids is 1. The second-order valence-corrected chi connectivity index (χ2v) is 8.27. The van der Waals surface area contributed by atoms with Gasteiger partial charge in [-0.05, 0) is 73.2 Å². The Morgan fingerprint density at radius 3 is 2.34 bits per heavy atom. The van der Waals surface area contributed by atoms with Gasteiger partial charge in [-0.1, -0.05) is 19.1 Å². The van der Waals surface area contributed by atoms with E-state index in [9.17, 15) is 18.0 Å². The third-order valence-corrected chi connectivity index (χ3v) is 5.96. The molecule has 8 heteroatoms. The summed E-state index contributed by atoms with van der Waals surface area (Å²) in [6.07, 6.45) is -5.20. The summed E-state index contributed by atoms with van der Waals surface area (Å²) >= 11 is 1.44. The van der Waals surface area contributed by atoms with Crippen molar-refractivity contribution >= 4 is 17.3 Å². The number of alkyl halides is 3. The van der Waals surface area contributed by atoms with E-state index in [1.54, 1.807) is 25.1 Å². The number of hydrogen-bond donors (Lipinski definition) is 1. The van der Waals surface area contributed by atoms with E-state index < -0.39 is 23.8 Å². The van der Waals surface area contributed by atoms with Crippen LogP contribution < -0.4 is 9.47 Å². The molecule has 0 fully saturated rings. The maximum absolute atomic E-state index is 12.8. The summed E-state index contributed by atoms with van der Waals surface area (Å²) in [5.41, 5.74) is 1.69. The van der Waals surface area contributed by atoms with Crippen molar-refractivity contribution < 1.29 is 32.5 Å². The average Bonchev–Trinajstić information content (AvgIpc) is 3.23. The van der Waals surface area contributed by atoms with Gasteiger partial charge >= 0.3 is 12.1 Å². The van der Waals surface area contributed by atoms with Gasteiger partial charge in [-0.3, -0.25) is 0 Å². The summed E-state index contributed by atoms with van der Waals surface area (Å²) in [5, 5.41) is 11.1. The first-order valence-electron chi connectivity index (χ1n) is 10.0. The second-order valence-electron chi connectivity index (χ2n) is 7.36. The number of thiophene rings is 1. The normalized spacial score (nSPS) is 13.4. The monoisotopic (exact) mass is 464 g/mol. The molecule has 0 saturated heterocycles. The van der Waals surface area contributed by atoms with Crippen molar-refractivity contribution in [1.29, 1.82) is 0 Å². The van der Waals surface area contributed by atoms with Crippen LogP contribution in [0, 0.1) is 6.92 Å². The van der Waals surface area contributed by atoms with Crippen molar-refractivity contribution in [2.24, 2.45) is 0 Å². The molecule has 0 bridgehead atoms. The maximum atomic E-state index is 12.8. The van der Waals surface area contributed by atoms with E-state index in [2.05, 4.69) is 0 Å². The highest BCUT2D eigenvalue weighted by molar-refractivity contribution is 7.13. The molecule has 0 amide bonds. The quantitative estimate of drug-likeness (QED) is 0.385. The van der Waals surface area contributed by atoms with Crippen molar-refractivity contribution in [2.75, 3.05) is 0 Å². The molecule has 32 heavy (non-hydrogen) atoms. The Morgan fingerprint density at radius 1 is 1.09 bits per heavy atom. The van der Waals surface area contributed by atoms with Gasteiger partial charge in [-0.25, -0.2) is 4.79 Å². The lowest BCUT2D eigenvalue weighted by atomic mass is 10.1. The minimum absolute atomic E-state index is 0.289. The van der Waals surface area contributed by atoms with Crippen LogP contribution in [0.1, 0.15) is 43.1 Å². The van der Waals surface area contributed by atoms with Gasteiger partial charge in [-0.15, -0.1) is 11.3 Å². The number of benzene rings is 2. The first-order valence-corrected chi connectivity index (χ1v) is 10.9. The Kier molecular flexibility index (Phi) is 7.13. The molecule has 4 nitrogen and oxygen atoms in total. The van der Waals surface area contributed by atoms with Crippen molar-refractivity contribution in [3.63, 3.8) is 0 Å². The molecule has 1 aromatic heterocycles. The minimum atomic E-state index is -4.36. The smallest absolute Gasteiger partial charge is 0.416 e.